The Kier molecular flexibility index (Phi) is 9.47. The van der Waals surface area contributed by atoms with Gasteiger partial charge in [0, 0.05) is 19.0 Å². The van der Waals surface area contributed by atoms with Crippen molar-refractivity contribution in [3.63, 3.8) is 0 Å². The summed E-state index contributed by atoms with van der Waals surface area (Å²) in [6.07, 6.45) is 6.49. The summed E-state index contributed by atoms with van der Waals surface area (Å²) in [6, 6.07) is 9.09. The molecule has 2 aromatic rings. The van der Waals surface area contributed by atoms with E-state index < -0.39 is 5.97 Å². The number of phenols is 1. The molecule has 2 rings (SSSR count). The highest BCUT2D eigenvalue weighted by atomic mass is 19.1. The SMILES string of the molecule is CC=CC(=O)NCC=Cc1cc(OCCc2ccc(F)cc2)cc(O)c1C(=O)OC(C)C. The molecule has 0 heterocycles. The zero-order chi connectivity index (χ0) is 23.5. The molecule has 0 unspecified atom stereocenters. The summed E-state index contributed by atoms with van der Waals surface area (Å²) in [4.78, 5) is 24.0. The third-order valence-electron chi connectivity index (χ3n) is 4.25. The maximum Gasteiger partial charge on any atom is 0.342 e. The van der Waals surface area contributed by atoms with Crippen LogP contribution < -0.4 is 10.1 Å². The van der Waals surface area contributed by atoms with E-state index in [0.29, 0.717) is 24.3 Å². The third kappa shape index (κ3) is 7.91. The predicted molar refractivity (Wildman–Crippen MR) is 121 cm³/mol. The smallest absolute Gasteiger partial charge is 0.342 e. The Morgan fingerprint density at radius 1 is 1.19 bits per heavy atom. The van der Waals surface area contributed by atoms with Crippen molar-refractivity contribution >= 4 is 18.0 Å². The lowest BCUT2D eigenvalue weighted by molar-refractivity contribution is -0.116. The fourth-order valence-corrected chi connectivity index (χ4v) is 2.83. The van der Waals surface area contributed by atoms with Gasteiger partial charge in [0.05, 0.1) is 12.7 Å². The van der Waals surface area contributed by atoms with Crippen molar-refractivity contribution in [2.45, 2.75) is 33.3 Å². The summed E-state index contributed by atoms with van der Waals surface area (Å²) >= 11 is 0. The molecule has 0 saturated carbocycles. The van der Waals surface area contributed by atoms with Gasteiger partial charge in [0.25, 0.3) is 0 Å². The van der Waals surface area contributed by atoms with Crippen molar-refractivity contribution in [1.82, 2.24) is 5.32 Å². The standard InChI is InChI=1S/C25H28FNO5/c1-4-6-23(29)27-13-5-7-19-15-21(16-22(28)24(19)25(30)32-17(2)3)31-14-12-18-8-10-20(26)11-9-18/h4-11,15-17,28H,12-14H2,1-3H3,(H,27,29). The molecule has 0 saturated heterocycles. The summed E-state index contributed by atoms with van der Waals surface area (Å²) in [5.74, 6) is -1.11. The molecule has 0 spiro atoms. The number of esters is 1. The monoisotopic (exact) mass is 441 g/mol. The molecule has 2 aromatic carbocycles. The summed E-state index contributed by atoms with van der Waals surface area (Å²) < 4.78 is 24.0. The van der Waals surface area contributed by atoms with Crippen molar-refractivity contribution in [2.24, 2.45) is 0 Å². The maximum atomic E-state index is 13.0. The molecule has 0 bridgehead atoms. The Bertz CT molecular complexity index is 981. The number of nitrogens with one attached hydrogen (secondary N) is 1. The number of allylic oxidation sites excluding steroid dienone is 1. The number of hydrogen-bond acceptors (Lipinski definition) is 5. The molecule has 0 atom stereocenters. The number of carbonyl (C=O) groups is 2. The fourth-order valence-electron chi connectivity index (χ4n) is 2.83. The van der Waals surface area contributed by atoms with Gasteiger partial charge in [-0.15, -0.1) is 0 Å². The second-order valence-corrected chi connectivity index (χ2v) is 7.23. The minimum absolute atomic E-state index is 0.0145. The van der Waals surface area contributed by atoms with E-state index in [-0.39, 0.29) is 35.7 Å². The van der Waals surface area contributed by atoms with Crippen LogP contribution in [0.15, 0.2) is 54.6 Å². The van der Waals surface area contributed by atoms with Crippen molar-refractivity contribution in [1.29, 1.82) is 0 Å². The van der Waals surface area contributed by atoms with E-state index in [1.165, 1.54) is 24.3 Å². The first-order valence-corrected chi connectivity index (χ1v) is 10.3. The largest absolute Gasteiger partial charge is 0.507 e. The van der Waals surface area contributed by atoms with Crippen LogP contribution in [0, 0.1) is 5.82 Å². The van der Waals surface area contributed by atoms with Gasteiger partial charge in [0.1, 0.15) is 22.9 Å². The van der Waals surface area contributed by atoms with Crippen LogP contribution in [-0.4, -0.2) is 36.2 Å². The van der Waals surface area contributed by atoms with Crippen LogP contribution in [0.25, 0.3) is 6.08 Å². The van der Waals surface area contributed by atoms with Crippen LogP contribution in [0.1, 0.15) is 42.3 Å². The zero-order valence-corrected chi connectivity index (χ0v) is 18.4. The number of ether oxygens (including phenoxy) is 2. The second kappa shape index (κ2) is 12.3. The number of amides is 1. The van der Waals surface area contributed by atoms with Gasteiger partial charge >= 0.3 is 5.97 Å². The average Bonchev–Trinajstić information content (AvgIpc) is 2.72. The fraction of sp³-hybridized carbons (Fsp3) is 0.280. The molecule has 6 nitrogen and oxygen atoms in total. The molecular formula is C25H28FNO5. The van der Waals surface area contributed by atoms with Gasteiger partial charge < -0.3 is 19.9 Å². The first kappa shape index (κ1) is 24.7. The summed E-state index contributed by atoms with van der Waals surface area (Å²) in [7, 11) is 0. The molecule has 0 fully saturated rings. The summed E-state index contributed by atoms with van der Waals surface area (Å²) in [5.41, 5.74) is 1.32. The van der Waals surface area contributed by atoms with Crippen LogP contribution in [0.4, 0.5) is 4.39 Å². The number of carbonyl (C=O) groups excluding carboxylic acids is 2. The molecule has 0 aliphatic carbocycles. The van der Waals surface area contributed by atoms with E-state index in [4.69, 9.17) is 9.47 Å². The minimum atomic E-state index is -0.659. The lowest BCUT2D eigenvalue weighted by Crippen LogP contribution is -2.20. The van der Waals surface area contributed by atoms with Crippen molar-refractivity contribution < 1.29 is 28.6 Å². The molecule has 0 aliphatic heterocycles. The third-order valence-corrected chi connectivity index (χ3v) is 4.25. The van der Waals surface area contributed by atoms with Gasteiger partial charge in [-0.3, -0.25) is 4.79 Å². The lowest BCUT2D eigenvalue weighted by atomic mass is 10.0. The van der Waals surface area contributed by atoms with E-state index in [2.05, 4.69) is 5.32 Å². The predicted octanol–water partition coefficient (Wildman–Crippen LogP) is 4.42. The molecular weight excluding hydrogens is 413 g/mol. The van der Waals surface area contributed by atoms with Gasteiger partial charge in [-0.05, 0) is 56.2 Å². The van der Waals surface area contributed by atoms with Gasteiger partial charge in [0.15, 0.2) is 0 Å². The van der Waals surface area contributed by atoms with E-state index in [9.17, 15) is 19.1 Å². The first-order valence-electron chi connectivity index (χ1n) is 10.3. The Morgan fingerprint density at radius 3 is 2.56 bits per heavy atom. The highest BCUT2D eigenvalue weighted by molar-refractivity contribution is 5.97. The van der Waals surface area contributed by atoms with Crippen LogP contribution >= 0.6 is 0 Å². The molecule has 170 valence electrons. The number of aromatic hydroxyl groups is 1. The normalized spacial score (nSPS) is 11.3. The van der Waals surface area contributed by atoms with E-state index in [1.807, 2.05) is 0 Å². The quantitative estimate of drug-likeness (QED) is 0.421. The highest BCUT2D eigenvalue weighted by Gasteiger charge is 2.19. The van der Waals surface area contributed by atoms with Gasteiger partial charge in [-0.2, -0.15) is 0 Å². The molecule has 7 heteroatoms. The van der Waals surface area contributed by atoms with Crippen LogP contribution in [0.5, 0.6) is 11.5 Å². The van der Waals surface area contributed by atoms with Gasteiger partial charge in [0.2, 0.25) is 5.91 Å². The van der Waals surface area contributed by atoms with Crippen molar-refractivity contribution in [3.05, 3.63) is 77.1 Å². The Hall–Kier alpha value is -3.61. The summed E-state index contributed by atoms with van der Waals surface area (Å²) in [5, 5.41) is 13.2. The van der Waals surface area contributed by atoms with E-state index in [0.717, 1.165) is 5.56 Å². The van der Waals surface area contributed by atoms with Gasteiger partial charge in [-0.1, -0.05) is 30.4 Å². The number of rotatable bonds is 10. The van der Waals surface area contributed by atoms with Crippen molar-refractivity contribution in [2.75, 3.05) is 13.2 Å². The Morgan fingerprint density at radius 2 is 1.91 bits per heavy atom. The second-order valence-electron chi connectivity index (χ2n) is 7.23. The van der Waals surface area contributed by atoms with Crippen molar-refractivity contribution in [3.8, 4) is 11.5 Å². The van der Waals surface area contributed by atoms with E-state index in [1.54, 1.807) is 57.2 Å². The van der Waals surface area contributed by atoms with Crippen LogP contribution in [0.2, 0.25) is 0 Å². The molecule has 0 aromatic heterocycles. The van der Waals surface area contributed by atoms with E-state index >= 15 is 0 Å². The molecule has 32 heavy (non-hydrogen) atoms. The van der Waals surface area contributed by atoms with Crippen LogP contribution in [0.3, 0.4) is 0 Å². The Balaban J connectivity index is 2.17. The average molecular weight is 441 g/mol. The number of halogens is 1. The molecule has 0 aliphatic rings. The Labute approximate surface area is 187 Å². The van der Waals surface area contributed by atoms with Gasteiger partial charge in [-0.25, -0.2) is 9.18 Å². The minimum Gasteiger partial charge on any atom is -0.507 e. The zero-order valence-electron chi connectivity index (χ0n) is 18.4. The maximum absolute atomic E-state index is 13.0. The molecule has 2 N–H and O–H groups in total. The number of benzene rings is 2. The molecule has 0 radical (unpaired) electrons. The molecule has 1 amide bonds. The highest BCUT2D eigenvalue weighted by Crippen LogP contribution is 2.30. The number of phenolic OH excluding ortho intramolecular Hbond substituents is 1. The van der Waals surface area contributed by atoms with Crippen LogP contribution in [-0.2, 0) is 16.0 Å². The number of hydrogen-bond donors (Lipinski definition) is 2. The summed E-state index contributed by atoms with van der Waals surface area (Å²) in [6.45, 7) is 5.70. The lowest BCUT2D eigenvalue weighted by Gasteiger charge is -2.14. The first-order chi connectivity index (χ1) is 15.3. The topological polar surface area (TPSA) is 84.9 Å².